The molecule has 2 N–H and O–H groups in total. The van der Waals surface area contributed by atoms with Crippen LogP contribution in [0.3, 0.4) is 0 Å². The molecule has 2 aromatic carbocycles. The lowest BCUT2D eigenvalue weighted by Crippen LogP contribution is -2.13. The predicted molar refractivity (Wildman–Crippen MR) is 87.2 cm³/mol. The maximum atomic E-state index is 13.6. The van der Waals surface area contributed by atoms with E-state index in [0.717, 1.165) is 11.1 Å². The fourth-order valence-corrected chi connectivity index (χ4v) is 2.59. The van der Waals surface area contributed by atoms with E-state index in [9.17, 15) is 4.39 Å². The fraction of sp³-hybridized carbons (Fsp3) is 0.294. The summed E-state index contributed by atoms with van der Waals surface area (Å²) in [5.41, 5.74) is 9.30. The first-order valence-corrected chi connectivity index (χ1v) is 7.61. The highest BCUT2D eigenvalue weighted by molar-refractivity contribution is 9.10. The molecule has 0 aliphatic rings. The van der Waals surface area contributed by atoms with Crippen LogP contribution in [0.15, 0.2) is 40.9 Å². The smallest absolute Gasteiger partial charge is 0.141 e. The highest BCUT2D eigenvalue weighted by Crippen LogP contribution is 2.33. The highest BCUT2D eigenvalue weighted by atomic mass is 79.9. The molecule has 0 fully saturated rings. The molecule has 0 aliphatic heterocycles. The summed E-state index contributed by atoms with van der Waals surface area (Å²) < 4.78 is 19.2. The molecule has 0 heterocycles. The van der Waals surface area contributed by atoms with Crippen LogP contribution < -0.4 is 10.5 Å². The van der Waals surface area contributed by atoms with Gasteiger partial charge in [0.25, 0.3) is 0 Å². The van der Waals surface area contributed by atoms with Gasteiger partial charge in [0.1, 0.15) is 11.6 Å². The minimum atomic E-state index is -0.363. The van der Waals surface area contributed by atoms with Crippen molar-refractivity contribution in [3.8, 4) is 5.75 Å². The van der Waals surface area contributed by atoms with Gasteiger partial charge >= 0.3 is 0 Å². The molecule has 4 heteroatoms. The zero-order chi connectivity index (χ0) is 15.6. The van der Waals surface area contributed by atoms with Crippen molar-refractivity contribution in [2.75, 3.05) is 7.11 Å². The van der Waals surface area contributed by atoms with E-state index in [1.165, 1.54) is 18.7 Å². The quantitative estimate of drug-likeness (QED) is 0.860. The molecule has 1 unspecified atom stereocenters. The van der Waals surface area contributed by atoms with Gasteiger partial charge in [-0.2, -0.15) is 0 Å². The van der Waals surface area contributed by atoms with Crippen LogP contribution in [0.25, 0.3) is 0 Å². The molecule has 0 saturated carbocycles. The molecule has 1 atom stereocenters. The predicted octanol–water partition coefficient (Wildman–Crippen LogP) is 4.77. The van der Waals surface area contributed by atoms with Gasteiger partial charge in [-0.05, 0) is 39.0 Å². The van der Waals surface area contributed by atoms with Gasteiger partial charge in [0.05, 0.1) is 17.6 Å². The van der Waals surface area contributed by atoms with E-state index in [1.54, 1.807) is 6.07 Å². The highest BCUT2D eigenvalue weighted by Gasteiger charge is 2.17. The molecular weight excluding hydrogens is 333 g/mol. The average molecular weight is 352 g/mol. The van der Waals surface area contributed by atoms with Crippen molar-refractivity contribution in [1.29, 1.82) is 0 Å². The number of halogens is 2. The average Bonchev–Trinajstić information content (AvgIpc) is 2.49. The van der Waals surface area contributed by atoms with Crippen molar-refractivity contribution in [2.45, 2.75) is 25.8 Å². The number of benzene rings is 2. The summed E-state index contributed by atoms with van der Waals surface area (Å²) in [6, 6.07) is 10.8. The van der Waals surface area contributed by atoms with Crippen molar-refractivity contribution < 1.29 is 9.13 Å². The first-order chi connectivity index (χ1) is 9.93. The molecule has 0 saturated heterocycles. The monoisotopic (exact) mass is 351 g/mol. The van der Waals surface area contributed by atoms with Crippen molar-refractivity contribution >= 4 is 15.9 Å². The van der Waals surface area contributed by atoms with Crippen LogP contribution in [0.2, 0.25) is 0 Å². The van der Waals surface area contributed by atoms with Crippen LogP contribution in [0.1, 0.15) is 42.5 Å². The van der Waals surface area contributed by atoms with E-state index < -0.39 is 0 Å². The number of hydrogen-bond donors (Lipinski definition) is 1. The van der Waals surface area contributed by atoms with E-state index in [1.807, 2.05) is 12.1 Å². The van der Waals surface area contributed by atoms with Gasteiger partial charge in [-0.25, -0.2) is 4.39 Å². The Hall–Kier alpha value is -1.39. The third-order valence-corrected chi connectivity index (χ3v) is 4.18. The van der Waals surface area contributed by atoms with Crippen molar-refractivity contribution in [3.63, 3.8) is 0 Å². The van der Waals surface area contributed by atoms with Crippen molar-refractivity contribution in [2.24, 2.45) is 5.73 Å². The van der Waals surface area contributed by atoms with E-state index in [0.29, 0.717) is 16.1 Å². The normalized spacial score (nSPS) is 12.5. The van der Waals surface area contributed by atoms with E-state index in [4.69, 9.17) is 10.5 Å². The maximum Gasteiger partial charge on any atom is 0.141 e. The third kappa shape index (κ3) is 3.44. The minimum Gasteiger partial charge on any atom is -0.496 e. The van der Waals surface area contributed by atoms with Crippen LogP contribution in [0.4, 0.5) is 4.39 Å². The third-order valence-electron chi connectivity index (χ3n) is 3.57. The Morgan fingerprint density at radius 2 is 1.67 bits per heavy atom. The van der Waals surface area contributed by atoms with Gasteiger partial charge in [-0.3, -0.25) is 0 Å². The Labute approximate surface area is 133 Å². The Morgan fingerprint density at radius 1 is 1.10 bits per heavy atom. The van der Waals surface area contributed by atoms with E-state index in [-0.39, 0.29) is 11.9 Å². The molecule has 0 spiro atoms. The number of nitrogens with two attached hydrogens (primary N) is 1. The molecule has 0 bridgehead atoms. The topological polar surface area (TPSA) is 35.2 Å². The summed E-state index contributed by atoms with van der Waals surface area (Å²) in [5, 5.41) is 0. The van der Waals surface area contributed by atoms with Crippen LogP contribution >= 0.6 is 15.9 Å². The van der Waals surface area contributed by atoms with Gasteiger partial charge < -0.3 is 10.5 Å². The summed E-state index contributed by atoms with van der Waals surface area (Å²) in [5.74, 6) is 0.568. The molecule has 21 heavy (non-hydrogen) atoms. The van der Waals surface area contributed by atoms with E-state index in [2.05, 4.69) is 41.9 Å². The second-order valence-electron chi connectivity index (χ2n) is 5.31. The summed E-state index contributed by atoms with van der Waals surface area (Å²) in [4.78, 5) is 0. The van der Waals surface area contributed by atoms with Gasteiger partial charge in [-0.15, -0.1) is 0 Å². The van der Waals surface area contributed by atoms with Gasteiger partial charge in [0.15, 0.2) is 0 Å². The summed E-state index contributed by atoms with van der Waals surface area (Å²) in [6.45, 7) is 4.30. The Morgan fingerprint density at radius 3 is 2.19 bits per heavy atom. The number of ether oxygens (including phenoxy) is 1. The van der Waals surface area contributed by atoms with Crippen LogP contribution in [0.5, 0.6) is 5.75 Å². The van der Waals surface area contributed by atoms with E-state index >= 15 is 0 Å². The minimum absolute atomic E-state index is 0.363. The number of rotatable bonds is 4. The summed E-state index contributed by atoms with van der Waals surface area (Å²) in [7, 11) is 1.51. The fourth-order valence-electron chi connectivity index (χ4n) is 2.23. The molecular formula is C17H19BrFNO. The van der Waals surface area contributed by atoms with Crippen LogP contribution in [0, 0.1) is 5.82 Å². The van der Waals surface area contributed by atoms with Crippen molar-refractivity contribution in [1.82, 2.24) is 0 Å². The first kappa shape index (κ1) is 16.0. The molecule has 2 rings (SSSR count). The Kier molecular flexibility index (Phi) is 5.01. The van der Waals surface area contributed by atoms with Gasteiger partial charge in [0, 0.05) is 11.6 Å². The molecule has 0 amide bonds. The second-order valence-corrected chi connectivity index (χ2v) is 6.16. The first-order valence-electron chi connectivity index (χ1n) is 6.82. The zero-order valence-electron chi connectivity index (χ0n) is 12.4. The van der Waals surface area contributed by atoms with Crippen LogP contribution in [-0.4, -0.2) is 7.11 Å². The number of hydrogen-bond acceptors (Lipinski definition) is 2. The Balaban J connectivity index is 2.39. The lowest BCUT2D eigenvalue weighted by atomic mass is 9.95. The second kappa shape index (κ2) is 6.58. The molecule has 2 aromatic rings. The lowest BCUT2D eigenvalue weighted by Gasteiger charge is -2.17. The lowest BCUT2D eigenvalue weighted by molar-refractivity contribution is 0.404. The zero-order valence-corrected chi connectivity index (χ0v) is 13.9. The van der Waals surface area contributed by atoms with Gasteiger partial charge in [-0.1, -0.05) is 38.1 Å². The van der Waals surface area contributed by atoms with Crippen LogP contribution in [-0.2, 0) is 0 Å². The van der Waals surface area contributed by atoms with Crippen molar-refractivity contribution in [3.05, 3.63) is 63.4 Å². The summed E-state index contributed by atoms with van der Waals surface area (Å²) in [6.07, 6.45) is 0. The maximum absolute atomic E-state index is 13.6. The standard InChI is InChI=1S/C17H19BrFNO/c1-10(2)11-4-6-12(7-5-11)17(20)13-8-14(18)15(19)9-16(13)21-3/h4-10,17H,20H2,1-3H3. The summed E-state index contributed by atoms with van der Waals surface area (Å²) >= 11 is 3.19. The van der Waals surface area contributed by atoms with Gasteiger partial charge in [0.2, 0.25) is 0 Å². The molecule has 2 nitrogen and oxygen atoms in total. The molecule has 0 aliphatic carbocycles. The largest absolute Gasteiger partial charge is 0.496 e. The Bertz CT molecular complexity index is 625. The molecule has 0 radical (unpaired) electrons. The molecule has 112 valence electrons. The number of methoxy groups -OCH3 is 1. The SMILES string of the molecule is COc1cc(F)c(Br)cc1C(N)c1ccc(C(C)C)cc1. The molecule has 0 aromatic heterocycles.